The predicted molar refractivity (Wildman–Crippen MR) is 111 cm³/mol. The highest BCUT2D eigenvalue weighted by Gasteiger charge is 2.23. The van der Waals surface area contributed by atoms with Crippen molar-refractivity contribution in [3.8, 4) is 11.5 Å². The molecule has 1 atom stereocenters. The maximum Gasteiger partial charge on any atom is 0.198 e. The van der Waals surface area contributed by atoms with Crippen LogP contribution in [0.2, 0.25) is 0 Å². The first-order valence-electron chi connectivity index (χ1n) is 9.96. The highest BCUT2D eigenvalue weighted by atomic mass is 19.1. The van der Waals surface area contributed by atoms with Crippen LogP contribution in [0.25, 0.3) is 0 Å². The molecule has 3 aromatic carbocycles. The fourth-order valence-electron chi connectivity index (χ4n) is 3.75. The second-order valence-corrected chi connectivity index (χ2v) is 7.17. The number of hydrogen-bond acceptors (Lipinski definition) is 3. The third kappa shape index (κ3) is 4.10. The maximum atomic E-state index is 15.3. The third-order valence-electron chi connectivity index (χ3n) is 5.30. The molecule has 0 fully saturated rings. The summed E-state index contributed by atoms with van der Waals surface area (Å²) in [6.45, 7) is 3.72. The number of nitrogens with one attached hydrogen (secondary N) is 2. The monoisotopic (exact) mass is 394 g/mol. The van der Waals surface area contributed by atoms with Gasteiger partial charge in [0.2, 0.25) is 0 Å². The van der Waals surface area contributed by atoms with Gasteiger partial charge in [0.1, 0.15) is 5.75 Å². The summed E-state index contributed by atoms with van der Waals surface area (Å²) in [5, 5.41) is 6.85. The summed E-state index contributed by atoms with van der Waals surface area (Å²) in [6.07, 6.45) is 1.62. The summed E-state index contributed by atoms with van der Waals surface area (Å²) in [5.74, 6) is -1.36. The molecule has 1 heterocycles. The van der Waals surface area contributed by atoms with Crippen LogP contribution in [0.3, 0.4) is 0 Å². The van der Waals surface area contributed by atoms with Gasteiger partial charge in [-0.3, -0.25) is 0 Å². The average molecular weight is 394 g/mol. The number of para-hydroxylation sites is 1. The van der Waals surface area contributed by atoms with Crippen LogP contribution in [0, 0.1) is 11.6 Å². The van der Waals surface area contributed by atoms with Crippen molar-refractivity contribution in [2.24, 2.45) is 0 Å². The Hall–Kier alpha value is -2.92. The minimum atomic E-state index is -0.716. The van der Waals surface area contributed by atoms with Crippen molar-refractivity contribution in [3.63, 3.8) is 0 Å². The lowest BCUT2D eigenvalue weighted by Gasteiger charge is -2.25. The molecule has 0 saturated carbocycles. The number of hydrogen-bond donors (Lipinski definition) is 2. The van der Waals surface area contributed by atoms with Gasteiger partial charge in [-0.05, 0) is 54.8 Å². The topological polar surface area (TPSA) is 33.3 Å². The number of benzene rings is 3. The molecule has 5 heteroatoms. The van der Waals surface area contributed by atoms with Crippen LogP contribution in [0.4, 0.5) is 14.5 Å². The molecule has 4 rings (SSSR count). The molecule has 0 unspecified atom stereocenters. The van der Waals surface area contributed by atoms with E-state index in [0.29, 0.717) is 17.7 Å². The van der Waals surface area contributed by atoms with Crippen molar-refractivity contribution in [3.05, 3.63) is 89.0 Å². The van der Waals surface area contributed by atoms with E-state index in [0.717, 1.165) is 25.2 Å². The molecule has 0 saturated heterocycles. The van der Waals surface area contributed by atoms with Gasteiger partial charge in [-0.15, -0.1) is 0 Å². The molecule has 3 nitrogen and oxygen atoms in total. The van der Waals surface area contributed by atoms with E-state index >= 15 is 4.39 Å². The molecule has 0 bridgehead atoms. The Morgan fingerprint density at radius 2 is 1.86 bits per heavy atom. The van der Waals surface area contributed by atoms with Crippen LogP contribution < -0.4 is 15.4 Å². The van der Waals surface area contributed by atoms with E-state index in [1.165, 1.54) is 23.3 Å². The number of ether oxygens (including phenoxy) is 1. The Bertz CT molecular complexity index is 992. The molecular formula is C24H24F2N2O. The van der Waals surface area contributed by atoms with Gasteiger partial charge in [0.25, 0.3) is 0 Å². The summed E-state index contributed by atoms with van der Waals surface area (Å²) in [7, 11) is 0. The Morgan fingerprint density at radius 1 is 1.03 bits per heavy atom. The highest BCUT2D eigenvalue weighted by molar-refractivity contribution is 5.57. The molecule has 0 spiro atoms. The lowest BCUT2D eigenvalue weighted by molar-refractivity contribution is 0.402. The molecule has 150 valence electrons. The van der Waals surface area contributed by atoms with Crippen molar-refractivity contribution < 1.29 is 13.5 Å². The van der Waals surface area contributed by atoms with E-state index < -0.39 is 11.6 Å². The molecule has 0 radical (unpaired) electrons. The van der Waals surface area contributed by atoms with Crippen molar-refractivity contribution in [1.82, 2.24) is 5.32 Å². The van der Waals surface area contributed by atoms with Crippen molar-refractivity contribution in [2.45, 2.75) is 32.4 Å². The van der Waals surface area contributed by atoms with Crippen LogP contribution in [0.15, 0.2) is 60.7 Å². The molecule has 3 aromatic rings. The van der Waals surface area contributed by atoms with Gasteiger partial charge in [-0.25, -0.2) is 8.78 Å². The molecule has 0 amide bonds. The minimum Gasteiger partial charge on any atom is -0.451 e. The Kier molecular flexibility index (Phi) is 5.76. The normalized spacial score (nSPS) is 14.2. The quantitative estimate of drug-likeness (QED) is 0.541. The van der Waals surface area contributed by atoms with Crippen LogP contribution in [-0.4, -0.2) is 6.54 Å². The standard InChI is InChI=1S/C24H24F2N2O/c1-2-21(28-22-10-6-7-16-13-14-27-15-19(16)22)18-11-12-20(25)24(23(18)26)29-17-8-4-3-5-9-17/h3-12,21,27-28H,2,13-15H2,1H3/t21-/m0/s1. The van der Waals surface area contributed by atoms with Crippen LogP contribution >= 0.6 is 0 Å². The number of rotatable bonds is 6. The van der Waals surface area contributed by atoms with Gasteiger partial charge < -0.3 is 15.4 Å². The van der Waals surface area contributed by atoms with Gasteiger partial charge in [0, 0.05) is 17.8 Å². The first kappa shape index (κ1) is 19.4. The lowest BCUT2D eigenvalue weighted by Crippen LogP contribution is -2.25. The number of halogens is 2. The minimum absolute atomic E-state index is 0.304. The zero-order chi connectivity index (χ0) is 20.2. The van der Waals surface area contributed by atoms with Crippen LogP contribution in [0.1, 0.15) is 36.1 Å². The van der Waals surface area contributed by atoms with Crippen molar-refractivity contribution >= 4 is 5.69 Å². The maximum absolute atomic E-state index is 15.3. The number of fused-ring (bicyclic) bond motifs is 1. The smallest absolute Gasteiger partial charge is 0.198 e. The van der Waals surface area contributed by atoms with E-state index in [1.54, 1.807) is 24.3 Å². The van der Waals surface area contributed by atoms with Crippen molar-refractivity contribution in [1.29, 1.82) is 0 Å². The predicted octanol–water partition coefficient (Wildman–Crippen LogP) is 5.97. The van der Waals surface area contributed by atoms with Gasteiger partial charge >= 0.3 is 0 Å². The first-order valence-corrected chi connectivity index (χ1v) is 9.96. The molecule has 0 aromatic heterocycles. The highest BCUT2D eigenvalue weighted by Crippen LogP contribution is 2.35. The van der Waals surface area contributed by atoms with E-state index in [4.69, 9.17) is 4.74 Å². The average Bonchev–Trinajstić information content (AvgIpc) is 2.76. The summed E-state index contributed by atoms with van der Waals surface area (Å²) >= 11 is 0. The second kappa shape index (κ2) is 8.62. The summed E-state index contributed by atoms with van der Waals surface area (Å²) in [4.78, 5) is 0. The Morgan fingerprint density at radius 3 is 2.66 bits per heavy atom. The first-order chi connectivity index (χ1) is 14.2. The molecule has 2 N–H and O–H groups in total. The lowest BCUT2D eigenvalue weighted by atomic mass is 9.97. The van der Waals surface area contributed by atoms with E-state index in [1.807, 2.05) is 25.1 Å². The van der Waals surface area contributed by atoms with E-state index in [9.17, 15) is 4.39 Å². The van der Waals surface area contributed by atoms with Crippen LogP contribution in [-0.2, 0) is 13.0 Å². The van der Waals surface area contributed by atoms with Gasteiger partial charge in [0.15, 0.2) is 17.4 Å². The summed E-state index contributed by atoms with van der Waals surface area (Å²) in [5.41, 5.74) is 3.88. The van der Waals surface area contributed by atoms with E-state index in [-0.39, 0.29) is 11.8 Å². The molecule has 1 aliphatic rings. The Labute approximate surface area is 169 Å². The van der Waals surface area contributed by atoms with Crippen molar-refractivity contribution in [2.75, 3.05) is 11.9 Å². The fourth-order valence-corrected chi connectivity index (χ4v) is 3.75. The zero-order valence-corrected chi connectivity index (χ0v) is 16.3. The van der Waals surface area contributed by atoms with Gasteiger partial charge in [-0.2, -0.15) is 0 Å². The van der Waals surface area contributed by atoms with E-state index in [2.05, 4.69) is 16.7 Å². The SMILES string of the molecule is CC[C@H](Nc1cccc2c1CNCC2)c1ccc(F)c(Oc2ccccc2)c1F. The van der Waals surface area contributed by atoms with Crippen LogP contribution in [0.5, 0.6) is 11.5 Å². The van der Waals surface area contributed by atoms with Gasteiger partial charge in [-0.1, -0.05) is 43.3 Å². The summed E-state index contributed by atoms with van der Waals surface area (Å²) in [6, 6.07) is 17.3. The second-order valence-electron chi connectivity index (χ2n) is 7.17. The molecule has 1 aliphatic heterocycles. The Balaban J connectivity index is 1.65. The number of anilines is 1. The van der Waals surface area contributed by atoms with Gasteiger partial charge in [0.05, 0.1) is 6.04 Å². The molecule has 29 heavy (non-hydrogen) atoms. The largest absolute Gasteiger partial charge is 0.451 e. The molecular weight excluding hydrogens is 370 g/mol. The third-order valence-corrected chi connectivity index (χ3v) is 5.30. The summed E-state index contributed by atoms with van der Waals surface area (Å²) < 4.78 is 35.2. The zero-order valence-electron chi connectivity index (χ0n) is 16.3. The fraction of sp³-hybridized carbons (Fsp3) is 0.250. The molecule has 0 aliphatic carbocycles.